The number of imidazole rings is 1. The van der Waals surface area contributed by atoms with E-state index in [0.29, 0.717) is 6.04 Å². The second-order valence-electron chi connectivity index (χ2n) is 4.49. The molecule has 2 aromatic heterocycles. The van der Waals surface area contributed by atoms with Gasteiger partial charge in [-0.15, -0.1) is 11.3 Å². The van der Waals surface area contributed by atoms with E-state index in [1.807, 2.05) is 23.9 Å². The van der Waals surface area contributed by atoms with Crippen LogP contribution in [0.25, 0.3) is 0 Å². The number of rotatable bonds is 4. The molecule has 3 heterocycles. The van der Waals surface area contributed by atoms with Gasteiger partial charge in [0.05, 0.1) is 12.0 Å². The van der Waals surface area contributed by atoms with Gasteiger partial charge in [-0.2, -0.15) is 0 Å². The smallest absolute Gasteiger partial charge is 0.0948 e. The van der Waals surface area contributed by atoms with Crippen LogP contribution in [0, 0.1) is 0 Å². The molecule has 0 saturated carbocycles. The number of nitrogens with one attached hydrogen (secondary N) is 1. The predicted octanol–water partition coefficient (Wildman–Crippen LogP) is 2.61. The quantitative estimate of drug-likeness (QED) is 0.900. The van der Waals surface area contributed by atoms with E-state index in [-0.39, 0.29) is 0 Å². The third kappa shape index (κ3) is 2.42. The second kappa shape index (κ2) is 5.02. The number of hydrogen-bond donors (Lipinski definition) is 1. The van der Waals surface area contributed by atoms with Gasteiger partial charge >= 0.3 is 0 Å². The summed E-state index contributed by atoms with van der Waals surface area (Å²) < 4.78 is 2.29. The summed E-state index contributed by atoms with van der Waals surface area (Å²) in [7, 11) is 0. The lowest BCUT2D eigenvalue weighted by Gasteiger charge is -2.13. The topological polar surface area (TPSA) is 29.9 Å². The normalized spacial score (nSPS) is 19.9. The lowest BCUT2D eigenvalue weighted by Crippen LogP contribution is -2.17. The Morgan fingerprint density at radius 3 is 3.29 bits per heavy atom. The monoisotopic (exact) mass is 247 g/mol. The van der Waals surface area contributed by atoms with Gasteiger partial charge in [-0.25, -0.2) is 4.98 Å². The predicted molar refractivity (Wildman–Crippen MR) is 70.2 cm³/mol. The van der Waals surface area contributed by atoms with Gasteiger partial charge in [0.15, 0.2) is 0 Å². The Labute approximate surface area is 106 Å². The Morgan fingerprint density at radius 1 is 1.53 bits per heavy atom. The van der Waals surface area contributed by atoms with Crippen molar-refractivity contribution in [3.63, 3.8) is 0 Å². The van der Waals surface area contributed by atoms with E-state index >= 15 is 0 Å². The Morgan fingerprint density at radius 2 is 2.53 bits per heavy atom. The zero-order valence-electron chi connectivity index (χ0n) is 9.80. The van der Waals surface area contributed by atoms with Crippen molar-refractivity contribution in [1.29, 1.82) is 0 Å². The average molecular weight is 247 g/mol. The van der Waals surface area contributed by atoms with Crippen LogP contribution in [0.2, 0.25) is 0 Å². The molecule has 0 bridgehead atoms. The molecule has 1 N–H and O–H groups in total. The number of nitrogens with zero attached hydrogens (tertiary/aromatic N) is 2. The van der Waals surface area contributed by atoms with Crippen LogP contribution in [0.3, 0.4) is 0 Å². The van der Waals surface area contributed by atoms with Gasteiger partial charge in [-0.1, -0.05) is 6.07 Å². The third-order valence-electron chi connectivity index (χ3n) is 3.34. The minimum atomic E-state index is 0.515. The zero-order valence-corrected chi connectivity index (χ0v) is 10.6. The highest BCUT2D eigenvalue weighted by atomic mass is 32.1. The molecule has 3 nitrogen and oxygen atoms in total. The van der Waals surface area contributed by atoms with Gasteiger partial charge in [-0.3, -0.25) is 0 Å². The van der Waals surface area contributed by atoms with Crippen molar-refractivity contribution in [2.24, 2.45) is 0 Å². The molecule has 0 aromatic carbocycles. The van der Waals surface area contributed by atoms with E-state index < -0.39 is 0 Å². The van der Waals surface area contributed by atoms with E-state index in [1.54, 1.807) is 0 Å². The van der Waals surface area contributed by atoms with E-state index in [9.17, 15) is 0 Å². The first-order chi connectivity index (χ1) is 8.43. The van der Waals surface area contributed by atoms with Crippen LogP contribution >= 0.6 is 11.3 Å². The largest absolute Gasteiger partial charge is 0.333 e. The first-order valence-corrected chi connectivity index (χ1v) is 7.07. The van der Waals surface area contributed by atoms with Gasteiger partial charge in [0.2, 0.25) is 0 Å². The van der Waals surface area contributed by atoms with Crippen molar-refractivity contribution in [3.8, 4) is 0 Å². The average Bonchev–Trinajstić information content (AvgIpc) is 3.09. The number of hydrogen-bond acceptors (Lipinski definition) is 3. The highest BCUT2D eigenvalue weighted by Crippen LogP contribution is 2.23. The van der Waals surface area contributed by atoms with Crippen LogP contribution in [0.4, 0.5) is 0 Å². The minimum Gasteiger partial charge on any atom is -0.333 e. The van der Waals surface area contributed by atoms with Crippen molar-refractivity contribution in [3.05, 3.63) is 40.6 Å². The number of aromatic nitrogens is 2. The van der Waals surface area contributed by atoms with E-state index in [2.05, 4.69) is 32.4 Å². The van der Waals surface area contributed by atoms with Gasteiger partial charge in [0, 0.05) is 23.7 Å². The highest BCUT2D eigenvalue weighted by Gasteiger charge is 2.19. The van der Waals surface area contributed by atoms with Crippen LogP contribution in [0.1, 0.15) is 29.5 Å². The van der Waals surface area contributed by atoms with E-state index in [1.165, 1.54) is 23.4 Å². The Bertz CT molecular complexity index is 455. The van der Waals surface area contributed by atoms with Gasteiger partial charge in [-0.05, 0) is 37.3 Å². The van der Waals surface area contributed by atoms with Crippen molar-refractivity contribution >= 4 is 11.3 Å². The molecule has 3 rings (SSSR count). The molecule has 1 aliphatic rings. The van der Waals surface area contributed by atoms with Crippen molar-refractivity contribution in [2.75, 3.05) is 6.54 Å². The fourth-order valence-corrected chi connectivity index (χ4v) is 3.13. The van der Waals surface area contributed by atoms with Gasteiger partial charge in [0.25, 0.3) is 0 Å². The van der Waals surface area contributed by atoms with Crippen molar-refractivity contribution in [2.45, 2.75) is 31.8 Å². The van der Waals surface area contributed by atoms with Crippen LogP contribution < -0.4 is 5.32 Å². The molecule has 1 fully saturated rings. The lowest BCUT2D eigenvalue weighted by atomic mass is 10.2. The number of aryl methyl sites for hydroxylation is 2. The highest BCUT2D eigenvalue weighted by molar-refractivity contribution is 7.09. The molecule has 0 aliphatic carbocycles. The van der Waals surface area contributed by atoms with Crippen molar-refractivity contribution in [1.82, 2.24) is 14.9 Å². The van der Waals surface area contributed by atoms with Crippen molar-refractivity contribution < 1.29 is 0 Å². The first-order valence-electron chi connectivity index (χ1n) is 6.19. The van der Waals surface area contributed by atoms with Gasteiger partial charge < -0.3 is 9.88 Å². The van der Waals surface area contributed by atoms with Gasteiger partial charge in [0.1, 0.15) is 0 Å². The number of thiophene rings is 1. The Hall–Kier alpha value is -1.13. The maximum Gasteiger partial charge on any atom is 0.0948 e. The summed E-state index contributed by atoms with van der Waals surface area (Å²) in [4.78, 5) is 5.74. The molecule has 17 heavy (non-hydrogen) atoms. The molecule has 0 radical (unpaired) electrons. The Kier molecular flexibility index (Phi) is 3.25. The summed E-state index contributed by atoms with van der Waals surface area (Å²) in [5.41, 5.74) is 1.35. The summed E-state index contributed by atoms with van der Waals surface area (Å²) >= 11 is 1.83. The fourth-order valence-electron chi connectivity index (χ4n) is 2.43. The zero-order chi connectivity index (χ0) is 11.5. The molecule has 1 atom stereocenters. The molecule has 2 aromatic rings. The molecule has 1 saturated heterocycles. The lowest BCUT2D eigenvalue weighted by molar-refractivity contribution is 0.564. The molecule has 0 spiro atoms. The summed E-state index contributed by atoms with van der Waals surface area (Å²) in [6.45, 7) is 2.18. The maximum absolute atomic E-state index is 4.29. The molecular weight excluding hydrogens is 230 g/mol. The van der Waals surface area contributed by atoms with Crippen LogP contribution in [0.15, 0.2) is 30.0 Å². The summed E-state index contributed by atoms with van der Waals surface area (Å²) in [6.07, 6.45) is 7.60. The fraction of sp³-hybridized carbons (Fsp3) is 0.462. The molecule has 90 valence electrons. The molecule has 0 unspecified atom stereocenters. The van der Waals surface area contributed by atoms with Crippen LogP contribution in [-0.4, -0.2) is 16.1 Å². The van der Waals surface area contributed by atoms with E-state index in [4.69, 9.17) is 0 Å². The summed E-state index contributed by atoms with van der Waals surface area (Å²) in [5, 5.41) is 5.68. The standard InChI is InChI=1S/C13H17N3S/c1-4-12(15-6-1)13-9-14-10-16(13)7-5-11-3-2-8-17-11/h2-3,8-10,12,15H,1,4-7H2/t12-/m0/s1. The SMILES string of the molecule is c1csc(CCn2cncc2[C@@H]2CCCN2)c1. The summed E-state index contributed by atoms with van der Waals surface area (Å²) in [5.74, 6) is 0. The second-order valence-corrected chi connectivity index (χ2v) is 5.52. The Balaban J connectivity index is 1.68. The molecule has 4 heteroatoms. The third-order valence-corrected chi connectivity index (χ3v) is 4.28. The molecular formula is C13H17N3S. The summed E-state index contributed by atoms with van der Waals surface area (Å²) in [6, 6.07) is 4.84. The maximum atomic E-state index is 4.29. The molecule has 1 aliphatic heterocycles. The van der Waals surface area contributed by atoms with Crippen LogP contribution in [0.5, 0.6) is 0 Å². The van der Waals surface area contributed by atoms with E-state index in [0.717, 1.165) is 19.5 Å². The molecule has 0 amide bonds. The van der Waals surface area contributed by atoms with Crippen LogP contribution in [-0.2, 0) is 13.0 Å². The first kappa shape index (κ1) is 11.0. The minimum absolute atomic E-state index is 0.515.